The minimum Gasteiger partial charge on any atom is -0.369 e. The first kappa shape index (κ1) is 12.7. The lowest BCUT2D eigenvalue weighted by Gasteiger charge is -2.17. The number of H-pyrrole nitrogens is 1. The van der Waals surface area contributed by atoms with E-state index in [1.54, 1.807) is 0 Å². The summed E-state index contributed by atoms with van der Waals surface area (Å²) in [7, 11) is 0. The van der Waals surface area contributed by atoms with Crippen LogP contribution in [-0.2, 0) is 0 Å². The van der Waals surface area contributed by atoms with Crippen LogP contribution in [0.1, 0.15) is 27.2 Å². The molecule has 0 aliphatic heterocycles. The van der Waals surface area contributed by atoms with Crippen molar-refractivity contribution in [2.45, 2.75) is 33.2 Å². The molecule has 0 bridgehead atoms. The number of hydrogen-bond acceptors (Lipinski definition) is 2. The van der Waals surface area contributed by atoms with Crippen molar-refractivity contribution in [1.29, 1.82) is 0 Å². The van der Waals surface area contributed by atoms with Gasteiger partial charge >= 0.3 is 0 Å². The van der Waals surface area contributed by atoms with Gasteiger partial charge in [0, 0.05) is 11.4 Å². The molecule has 1 heterocycles. The Morgan fingerprint density at radius 2 is 1.94 bits per heavy atom. The van der Waals surface area contributed by atoms with Crippen LogP contribution in [0.3, 0.4) is 0 Å². The summed E-state index contributed by atoms with van der Waals surface area (Å²) in [5.41, 5.74) is -0.0349. The molecule has 0 fully saturated rings. The van der Waals surface area contributed by atoms with Crippen LogP contribution in [0.5, 0.6) is 0 Å². The topological polar surface area (TPSA) is 44.9 Å². The van der Waals surface area contributed by atoms with Crippen molar-refractivity contribution < 1.29 is 0 Å². The summed E-state index contributed by atoms with van der Waals surface area (Å²) in [4.78, 5) is 14.8. The summed E-state index contributed by atoms with van der Waals surface area (Å²) in [6.07, 6.45) is 1.08. The lowest BCUT2D eigenvalue weighted by molar-refractivity contribution is 0.539. The van der Waals surface area contributed by atoms with Crippen molar-refractivity contribution in [2.24, 2.45) is 5.92 Å². The Kier molecular flexibility index (Phi) is 3.70. The van der Waals surface area contributed by atoms with E-state index in [0.29, 0.717) is 12.0 Å². The standard InChI is InChI=1S/C15H20N2O/c1-10(2)8-11(3)16-14-9-12-6-4-5-7-13(12)15(18)17-14/h4-7,9-11H,8H2,1-3H3,(H2,16,17,18). The fraction of sp³-hybridized carbons (Fsp3) is 0.400. The first-order chi connectivity index (χ1) is 8.56. The van der Waals surface area contributed by atoms with E-state index in [9.17, 15) is 4.79 Å². The van der Waals surface area contributed by atoms with Crippen molar-refractivity contribution in [3.63, 3.8) is 0 Å². The molecule has 2 aromatic rings. The average Bonchev–Trinajstić information content (AvgIpc) is 2.27. The minimum atomic E-state index is -0.0349. The molecule has 0 amide bonds. The fourth-order valence-electron chi connectivity index (χ4n) is 2.32. The molecule has 2 N–H and O–H groups in total. The Labute approximate surface area is 107 Å². The van der Waals surface area contributed by atoms with E-state index < -0.39 is 0 Å². The second kappa shape index (κ2) is 5.25. The van der Waals surface area contributed by atoms with Gasteiger partial charge in [0.1, 0.15) is 5.82 Å². The Morgan fingerprint density at radius 1 is 1.22 bits per heavy atom. The minimum absolute atomic E-state index is 0.0349. The molecule has 0 saturated carbocycles. The number of anilines is 1. The van der Waals surface area contributed by atoms with Gasteiger partial charge in [-0.1, -0.05) is 32.0 Å². The first-order valence-corrected chi connectivity index (χ1v) is 6.45. The molecule has 0 radical (unpaired) electrons. The second-order valence-electron chi connectivity index (χ2n) is 5.27. The summed E-state index contributed by atoms with van der Waals surface area (Å²) in [5, 5.41) is 5.06. The van der Waals surface area contributed by atoms with Crippen LogP contribution in [0.15, 0.2) is 35.1 Å². The average molecular weight is 244 g/mol. The number of aromatic nitrogens is 1. The molecule has 96 valence electrons. The molecule has 0 spiro atoms. The molecule has 0 saturated heterocycles. The van der Waals surface area contributed by atoms with Crippen molar-refractivity contribution in [3.8, 4) is 0 Å². The third-order valence-electron chi connectivity index (χ3n) is 2.98. The number of nitrogens with one attached hydrogen (secondary N) is 2. The molecule has 1 unspecified atom stereocenters. The smallest absolute Gasteiger partial charge is 0.257 e. The van der Waals surface area contributed by atoms with Crippen LogP contribution < -0.4 is 10.9 Å². The van der Waals surface area contributed by atoms with Crippen LogP contribution in [0.25, 0.3) is 10.8 Å². The van der Waals surface area contributed by atoms with E-state index in [-0.39, 0.29) is 5.56 Å². The fourth-order valence-corrected chi connectivity index (χ4v) is 2.32. The Bertz CT molecular complexity index is 586. The third kappa shape index (κ3) is 2.92. The molecular weight excluding hydrogens is 224 g/mol. The van der Waals surface area contributed by atoms with Gasteiger partial charge in [-0.15, -0.1) is 0 Å². The first-order valence-electron chi connectivity index (χ1n) is 6.45. The van der Waals surface area contributed by atoms with Gasteiger partial charge in [0.25, 0.3) is 5.56 Å². The summed E-state index contributed by atoms with van der Waals surface area (Å²) in [6.45, 7) is 6.52. The van der Waals surface area contributed by atoms with Crippen molar-refractivity contribution in [1.82, 2.24) is 4.98 Å². The van der Waals surface area contributed by atoms with E-state index >= 15 is 0 Å². The van der Waals surface area contributed by atoms with Gasteiger partial charge in [-0.05, 0) is 36.8 Å². The second-order valence-corrected chi connectivity index (χ2v) is 5.27. The lowest BCUT2D eigenvalue weighted by atomic mass is 10.1. The summed E-state index contributed by atoms with van der Waals surface area (Å²) >= 11 is 0. The van der Waals surface area contributed by atoms with Crippen LogP contribution in [0, 0.1) is 5.92 Å². The van der Waals surface area contributed by atoms with Gasteiger partial charge < -0.3 is 10.3 Å². The Hall–Kier alpha value is -1.77. The maximum Gasteiger partial charge on any atom is 0.257 e. The molecule has 1 aromatic carbocycles. The Morgan fingerprint density at radius 3 is 2.67 bits per heavy atom. The van der Waals surface area contributed by atoms with E-state index in [1.165, 1.54) is 0 Å². The number of aromatic amines is 1. The monoisotopic (exact) mass is 244 g/mol. The number of fused-ring (bicyclic) bond motifs is 1. The summed E-state index contributed by atoms with van der Waals surface area (Å²) < 4.78 is 0. The molecule has 3 heteroatoms. The van der Waals surface area contributed by atoms with Crippen LogP contribution >= 0.6 is 0 Å². The zero-order valence-corrected chi connectivity index (χ0v) is 11.2. The van der Waals surface area contributed by atoms with E-state index in [0.717, 1.165) is 23.0 Å². The maximum absolute atomic E-state index is 11.9. The molecule has 1 aromatic heterocycles. The highest BCUT2D eigenvalue weighted by atomic mass is 16.1. The zero-order valence-electron chi connectivity index (χ0n) is 11.2. The molecule has 1 atom stereocenters. The van der Waals surface area contributed by atoms with Crippen molar-refractivity contribution in [2.75, 3.05) is 5.32 Å². The molecule has 18 heavy (non-hydrogen) atoms. The van der Waals surface area contributed by atoms with Gasteiger partial charge in [-0.3, -0.25) is 4.79 Å². The molecule has 0 aliphatic rings. The molecule has 0 aliphatic carbocycles. The largest absolute Gasteiger partial charge is 0.369 e. The highest BCUT2D eigenvalue weighted by molar-refractivity contribution is 5.83. The number of pyridine rings is 1. The molecular formula is C15H20N2O. The lowest BCUT2D eigenvalue weighted by Crippen LogP contribution is -2.20. The van der Waals surface area contributed by atoms with E-state index in [2.05, 4.69) is 31.1 Å². The predicted octanol–water partition coefficient (Wildman–Crippen LogP) is 3.37. The zero-order chi connectivity index (χ0) is 13.1. The summed E-state index contributed by atoms with van der Waals surface area (Å²) in [5.74, 6) is 1.44. The molecule has 3 nitrogen and oxygen atoms in total. The predicted molar refractivity (Wildman–Crippen MR) is 77.1 cm³/mol. The van der Waals surface area contributed by atoms with Crippen LogP contribution in [0.4, 0.5) is 5.82 Å². The highest BCUT2D eigenvalue weighted by Crippen LogP contribution is 2.15. The van der Waals surface area contributed by atoms with Crippen molar-refractivity contribution in [3.05, 3.63) is 40.7 Å². The summed E-state index contributed by atoms with van der Waals surface area (Å²) in [6, 6.07) is 9.97. The SMILES string of the molecule is CC(C)CC(C)Nc1cc2ccccc2c(=O)[nH]1. The van der Waals surface area contributed by atoms with Crippen molar-refractivity contribution >= 4 is 16.6 Å². The Balaban J connectivity index is 2.27. The number of hydrogen-bond donors (Lipinski definition) is 2. The molecule has 2 rings (SSSR count). The van der Waals surface area contributed by atoms with Gasteiger partial charge in [-0.2, -0.15) is 0 Å². The van der Waals surface area contributed by atoms with Gasteiger partial charge in [0.15, 0.2) is 0 Å². The number of rotatable bonds is 4. The van der Waals surface area contributed by atoms with Crippen LogP contribution in [0.2, 0.25) is 0 Å². The maximum atomic E-state index is 11.9. The van der Waals surface area contributed by atoms with Crippen LogP contribution in [-0.4, -0.2) is 11.0 Å². The van der Waals surface area contributed by atoms with Gasteiger partial charge in [-0.25, -0.2) is 0 Å². The highest BCUT2D eigenvalue weighted by Gasteiger charge is 2.06. The quantitative estimate of drug-likeness (QED) is 0.866. The van der Waals surface area contributed by atoms with Gasteiger partial charge in [0.2, 0.25) is 0 Å². The van der Waals surface area contributed by atoms with E-state index in [4.69, 9.17) is 0 Å². The normalized spacial score (nSPS) is 12.9. The van der Waals surface area contributed by atoms with Gasteiger partial charge in [0.05, 0.1) is 0 Å². The number of benzene rings is 1. The third-order valence-corrected chi connectivity index (χ3v) is 2.98. The van der Waals surface area contributed by atoms with E-state index in [1.807, 2.05) is 30.3 Å².